The molecule has 0 bridgehead atoms. The number of benzene rings is 1. The first-order valence-corrected chi connectivity index (χ1v) is 9.97. The molecule has 0 aliphatic carbocycles. The SMILES string of the molecule is Cc1cccc(N(C)C(=O)Cn2nc3nc(N4CCCC(C)C4)ccn3c2=O)c1. The largest absolute Gasteiger partial charge is 0.356 e. The van der Waals surface area contributed by atoms with Gasteiger partial charge in [-0.3, -0.25) is 4.79 Å². The molecule has 0 saturated carbocycles. The zero-order chi connectivity index (χ0) is 20.5. The number of rotatable bonds is 4. The van der Waals surface area contributed by atoms with Crippen molar-refractivity contribution in [3.63, 3.8) is 0 Å². The molecule has 1 amide bonds. The van der Waals surface area contributed by atoms with Gasteiger partial charge in [0.2, 0.25) is 5.91 Å². The predicted molar refractivity (Wildman–Crippen MR) is 112 cm³/mol. The van der Waals surface area contributed by atoms with Crippen LogP contribution >= 0.6 is 0 Å². The molecule has 0 N–H and O–H groups in total. The van der Waals surface area contributed by atoms with Crippen LogP contribution in [-0.2, 0) is 11.3 Å². The van der Waals surface area contributed by atoms with Gasteiger partial charge in [0.1, 0.15) is 12.4 Å². The molecule has 1 aliphatic heterocycles. The molecule has 1 fully saturated rings. The number of hydrogen-bond acceptors (Lipinski definition) is 5. The Morgan fingerprint density at radius 1 is 1.31 bits per heavy atom. The summed E-state index contributed by atoms with van der Waals surface area (Å²) >= 11 is 0. The quantitative estimate of drug-likeness (QED) is 0.677. The van der Waals surface area contributed by atoms with Crippen LogP contribution in [0.25, 0.3) is 5.78 Å². The van der Waals surface area contributed by atoms with Gasteiger partial charge in [0.15, 0.2) is 0 Å². The molecule has 4 rings (SSSR count). The molecule has 152 valence electrons. The third kappa shape index (κ3) is 3.87. The lowest BCUT2D eigenvalue weighted by Gasteiger charge is -2.31. The number of amides is 1. The topological polar surface area (TPSA) is 75.7 Å². The Bertz CT molecular complexity index is 1100. The van der Waals surface area contributed by atoms with E-state index >= 15 is 0 Å². The number of anilines is 2. The van der Waals surface area contributed by atoms with Gasteiger partial charge in [-0.2, -0.15) is 4.98 Å². The lowest BCUT2D eigenvalue weighted by atomic mass is 10.0. The fourth-order valence-electron chi connectivity index (χ4n) is 3.79. The summed E-state index contributed by atoms with van der Waals surface area (Å²) in [5.41, 5.74) is 1.49. The van der Waals surface area contributed by atoms with Crippen molar-refractivity contribution >= 4 is 23.2 Å². The van der Waals surface area contributed by atoms with Gasteiger partial charge in [-0.1, -0.05) is 19.1 Å². The first kappa shape index (κ1) is 19.2. The van der Waals surface area contributed by atoms with Gasteiger partial charge in [-0.05, 0) is 49.4 Å². The Hall–Kier alpha value is -3.16. The summed E-state index contributed by atoms with van der Waals surface area (Å²) in [6.07, 6.45) is 4.05. The van der Waals surface area contributed by atoms with Crippen LogP contribution in [0, 0.1) is 12.8 Å². The van der Waals surface area contributed by atoms with E-state index in [0.29, 0.717) is 11.7 Å². The minimum Gasteiger partial charge on any atom is -0.356 e. The summed E-state index contributed by atoms with van der Waals surface area (Å²) in [6.45, 7) is 5.98. The number of nitrogens with zero attached hydrogens (tertiary/aromatic N) is 6. The van der Waals surface area contributed by atoms with Crippen LogP contribution < -0.4 is 15.5 Å². The average molecular weight is 394 g/mol. The van der Waals surface area contributed by atoms with Crippen LogP contribution in [0.2, 0.25) is 0 Å². The van der Waals surface area contributed by atoms with Crippen molar-refractivity contribution in [3.8, 4) is 0 Å². The van der Waals surface area contributed by atoms with Crippen LogP contribution in [0.15, 0.2) is 41.3 Å². The molecule has 1 aliphatic rings. The van der Waals surface area contributed by atoms with Crippen molar-refractivity contribution in [2.24, 2.45) is 5.92 Å². The summed E-state index contributed by atoms with van der Waals surface area (Å²) in [4.78, 5) is 33.7. The van der Waals surface area contributed by atoms with Gasteiger partial charge in [0.25, 0.3) is 5.78 Å². The lowest BCUT2D eigenvalue weighted by Crippen LogP contribution is -2.35. The Labute approximate surface area is 169 Å². The predicted octanol–water partition coefficient (Wildman–Crippen LogP) is 2.10. The summed E-state index contributed by atoms with van der Waals surface area (Å²) in [5, 5.41) is 4.30. The van der Waals surface area contributed by atoms with Gasteiger partial charge in [-0.25, -0.2) is 13.9 Å². The highest BCUT2D eigenvalue weighted by molar-refractivity contribution is 5.92. The molecule has 3 heterocycles. The van der Waals surface area contributed by atoms with E-state index in [1.807, 2.05) is 37.3 Å². The van der Waals surface area contributed by atoms with Crippen molar-refractivity contribution < 1.29 is 4.79 Å². The van der Waals surface area contributed by atoms with E-state index in [-0.39, 0.29) is 18.1 Å². The molecule has 1 unspecified atom stereocenters. The van der Waals surface area contributed by atoms with Crippen molar-refractivity contribution in [1.29, 1.82) is 0 Å². The van der Waals surface area contributed by atoms with Crippen molar-refractivity contribution in [2.45, 2.75) is 33.2 Å². The van der Waals surface area contributed by atoms with Crippen LogP contribution in [0.5, 0.6) is 0 Å². The van der Waals surface area contributed by atoms with E-state index in [0.717, 1.165) is 36.6 Å². The minimum atomic E-state index is -0.364. The van der Waals surface area contributed by atoms with E-state index in [1.54, 1.807) is 13.2 Å². The van der Waals surface area contributed by atoms with Gasteiger partial charge in [0.05, 0.1) is 0 Å². The number of carbonyl (C=O) groups is 1. The Morgan fingerprint density at radius 3 is 2.90 bits per heavy atom. The number of piperidine rings is 1. The molecule has 3 aromatic rings. The highest BCUT2D eigenvalue weighted by atomic mass is 16.2. The average Bonchev–Trinajstić information content (AvgIpc) is 3.02. The monoisotopic (exact) mass is 394 g/mol. The molecule has 0 spiro atoms. The van der Waals surface area contributed by atoms with Crippen molar-refractivity contribution in [2.75, 3.05) is 29.9 Å². The zero-order valence-electron chi connectivity index (χ0n) is 17.1. The number of hydrogen-bond donors (Lipinski definition) is 0. The first-order valence-electron chi connectivity index (χ1n) is 9.97. The molecule has 1 atom stereocenters. The number of carbonyl (C=O) groups excluding carboxylic acids is 1. The fourth-order valence-corrected chi connectivity index (χ4v) is 3.79. The van der Waals surface area contributed by atoms with Crippen LogP contribution in [0.1, 0.15) is 25.3 Å². The van der Waals surface area contributed by atoms with E-state index in [1.165, 1.54) is 20.4 Å². The number of likely N-dealkylation sites (N-methyl/N-ethyl adjacent to an activating group) is 1. The van der Waals surface area contributed by atoms with Gasteiger partial charge >= 0.3 is 5.69 Å². The molecule has 1 saturated heterocycles. The van der Waals surface area contributed by atoms with Crippen molar-refractivity contribution in [3.05, 3.63) is 52.6 Å². The van der Waals surface area contributed by atoms with E-state index in [2.05, 4.69) is 21.9 Å². The van der Waals surface area contributed by atoms with E-state index < -0.39 is 0 Å². The number of aromatic nitrogens is 4. The molecule has 8 heteroatoms. The van der Waals surface area contributed by atoms with Gasteiger partial charge in [0, 0.05) is 32.0 Å². The van der Waals surface area contributed by atoms with Gasteiger partial charge in [-0.15, -0.1) is 5.10 Å². The first-order chi connectivity index (χ1) is 13.9. The molecule has 2 aromatic heterocycles. The van der Waals surface area contributed by atoms with Gasteiger partial charge < -0.3 is 9.80 Å². The van der Waals surface area contributed by atoms with Crippen molar-refractivity contribution in [1.82, 2.24) is 19.2 Å². The normalized spacial score (nSPS) is 16.9. The van der Waals surface area contributed by atoms with Crippen LogP contribution in [0.4, 0.5) is 11.5 Å². The van der Waals surface area contributed by atoms with Crippen LogP contribution in [-0.4, -0.2) is 45.2 Å². The zero-order valence-corrected chi connectivity index (χ0v) is 17.1. The standard InChI is InChI=1S/C21H26N6O2/c1-15-6-4-8-17(12-15)24(3)19(28)14-27-21(29)26-11-9-18(22-20(26)23-27)25-10-5-7-16(2)13-25/h4,6,8-9,11-12,16H,5,7,10,13-14H2,1-3H3. The Morgan fingerprint density at radius 2 is 2.14 bits per heavy atom. The second kappa shape index (κ2) is 7.69. The second-order valence-electron chi connectivity index (χ2n) is 7.88. The highest BCUT2D eigenvalue weighted by Gasteiger charge is 2.20. The maximum atomic E-state index is 12.7. The third-order valence-electron chi connectivity index (χ3n) is 5.47. The Kier molecular flexibility index (Phi) is 5.08. The highest BCUT2D eigenvalue weighted by Crippen LogP contribution is 2.21. The third-order valence-corrected chi connectivity index (χ3v) is 5.47. The molecular weight excluding hydrogens is 368 g/mol. The Balaban J connectivity index is 1.57. The van der Waals surface area contributed by atoms with Crippen LogP contribution in [0.3, 0.4) is 0 Å². The maximum Gasteiger partial charge on any atom is 0.352 e. The number of fused-ring (bicyclic) bond motifs is 1. The molecule has 29 heavy (non-hydrogen) atoms. The smallest absolute Gasteiger partial charge is 0.352 e. The molecule has 1 aromatic carbocycles. The second-order valence-corrected chi connectivity index (χ2v) is 7.88. The number of aryl methyl sites for hydroxylation is 1. The van der Waals surface area contributed by atoms with E-state index in [9.17, 15) is 9.59 Å². The van der Waals surface area contributed by atoms with E-state index in [4.69, 9.17) is 0 Å². The molecule has 0 radical (unpaired) electrons. The maximum absolute atomic E-state index is 12.7. The summed E-state index contributed by atoms with van der Waals surface area (Å²) in [5.74, 6) is 1.55. The molecular formula is C21H26N6O2. The fraction of sp³-hybridized carbons (Fsp3) is 0.429. The lowest BCUT2D eigenvalue weighted by molar-refractivity contribution is -0.119. The summed E-state index contributed by atoms with van der Waals surface area (Å²) in [6, 6.07) is 9.51. The summed E-state index contributed by atoms with van der Waals surface area (Å²) in [7, 11) is 1.70. The molecule has 8 nitrogen and oxygen atoms in total. The summed E-state index contributed by atoms with van der Waals surface area (Å²) < 4.78 is 2.57. The minimum absolute atomic E-state index is 0.136.